The molecule has 0 atom stereocenters. The summed E-state index contributed by atoms with van der Waals surface area (Å²) in [4.78, 5) is 0. The van der Waals surface area contributed by atoms with Crippen LogP contribution in [-0.4, -0.2) is 21.1 Å². The highest BCUT2D eigenvalue weighted by Gasteiger charge is 2.20. The van der Waals surface area contributed by atoms with Crippen LogP contribution in [0.1, 0.15) is 45.4 Å². The Morgan fingerprint density at radius 2 is 2.00 bits per heavy atom. The predicted octanol–water partition coefficient (Wildman–Crippen LogP) is 3.12. The van der Waals surface area contributed by atoms with E-state index in [1.54, 1.807) is 0 Å². The molecule has 0 saturated carbocycles. The minimum absolute atomic E-state index is 0.222. The fourth-order valence-corrected chi connectivity index (χ4v) is 2.79. The van der Waals surface area contributed by atoms with Crippen molar-refractivity contribution in [2.75, 3.05) is 6.54 Å². The number of hydrogen-bond acceptors (Lipinski definition) is 3. The number of aryl methyl sites for hydroxylation is 2. The van der Waals surface area contributed by atoms with Crippen LogP contribution >= 0.6 is 11.8 Å². The minimum atomic E-state index is 0.222. The smallest absolute Gasteiger partial charge is 0.0989 e. The third-order valence-corrected chi connectivity index (χ3v) is 3.74. The quantitative estimate of drug-likeness (QED) is 0.647. The van der Waals surface area contributed by atoms with Crippen molar-refractivity contribution in [1.29, 1.82) is 0 Å². The molecule has 0 aliphatic heterocycles. The summed E-state index contributed by atoms with van der Waals surface area (Å²) in [6.45, 7) is 13.0. The highest BCUT2D eigenvalue weighted by Crippen LogP contribution is 2.34. The van der Waals surface area contributed by atoms with E-state index in [2.05, 4.69) is 45.0 Å². The van der Waals surface area contributed by atoms with Crippen LogP contribution in [0, 0.1) is 6.92 Å². The second kappa shape index (κ2) is 5.91. The van der Waals surface area contributed by atoms with Gasteiger partial charge in [-0.3, -0.25) is 4.68 Å². The van der Waals surface area contributed by atoms with E-state index in [9.17, 15) is 0 Å². The molecular formula is C13H25N3S. The highest BCUT2D eigenvalue weighted by molar-refractivity contribution is 8.00. The zero-order valence-electron chi connectivity index (χ0n) is 11.9. The van der Waals surface area contributed by atoms with Crippen molar-refractivity contribution < 1.29 is 0 Å². The lowest BCUT2D eigenvalue weighted by molar-refractivity contribution is 0.649. The zero-order valence-corrected chi connectivity index (χ0v) is 12.7. The van der Waals surface area contributed by atoms with Gasteiger partial charge >= 0.3 is 0 Å². The number of nitrogens with zero attached hydrogens (tertiary/aromatic N) is 2. The van der Waals surface area contributed by atoms with Gasteiger partial charge < -0.3 is 5.32 Å². The van der Waals surface area contributed by atoms with Gasteiger partial charge in [0, 0.05) is 23.9 Å². The van der Waals surface area contributed by atoms with Gasteiger partial charge in [-0.25, -0.2) is 0 Å². The molecule has 0 aliphatic rings. The molecule has 0 aliphatic carbocycles. The largest absolute Gasteiger partial charge is 0.313 e. The first kappa shape index (κ1) is 14.6. The van der Waals surface area contributed by atoms with Gasteiger partial charge in [0.2, 0.25) is 0 Å². The summed E-state index contributed by atoms with van der Waals surface area (Å²) in [7, 11) is 2.03. The molecule has 98 valence electrons. The lowest BCUT2D eigenvalue weighted by Gasteiger charge is -2.18. The van der Waals surface area contributed by atoms with Gasteiger partial charge in [0.1, 0.15) is 0 Å². The molecular weight excluding hydrogens is 230 g/mol. The molecule has 3 nitrogen and oxygen atoms in total. The van der Waals surface area contributed by atoms with Crippen molar-refractivity contribution in [2.45, 2.75) is 57.4 Å². The molecule has 1 N–H and O–H groups in total. The number of rotatable bonds is 5. The van der Waals surface area contributed by atoms with E-state index in [4.69, 9.17) is 0 Å². The zero-order chi connectivity index (χ0) is 13.1. The van der Waals surface area contributed by atoms with Crippen molar-refractivity contribution >= 4 is 11.8 Å². The molecule has 4 heteroatoms. The molecule has 0 radical (unpaired) electrons. The van der Waals surface area contributed by atoms with Crippen molar-refractivity contribution in [3.8, 4) is 0 Å². The van der Waals surface area contributed by atoms with Crippen LogP contribution in [0.5, 0.6) is 0 Å². The van der Waals surface area contributed by atoms with E-state index in [-0.39, 0.29) is 4.75 Å². The maximum Gasteiger partial charge on any atom is 0.0989 e. The van der Waals surface area contributed by atoms with Crippen LogP contribution in [0.2, 0.25) is 0 Å². The number of aromatic nitrogens is 2. The van der Waals surface area contributed by atoms with Crippen LogP contribution < -0.4 is 5.32 Å². The van der Waals surface area contributed by atoms with Gasteiger partial charge in [0.25, 0.3) is 0 Å². The second-order valence-corrected chi connectivity index (χ2v) is 7.20. The van der Waals surface area contributed by atoms with Crippen molar-refractivity contribution in [3.05, 3.63) is 11.3 Å². The van der Waals surface area contributed by atoms with E-state index in [0.717, 1.165) is 18.8 Å². The normalized spacial score (nSPS) is 12.1. The summed E-state index contributed by atoms with van der Waals surface area (Å²) in [5, 5.41) is 9.29. The Morgan fingerprint density at radius 1 is 1.35 bits per heavy atom. The van der Waals surface area contributed by atoms with Crippen LogP contribution in [0.4, 0.5) is 0 Å². The van der Waals surface area contributed by atoms with E-state index < -0.39 is 0 Å². The third-order valence-electron chi connectivity index (χ3n) is 2.42. The Balaban J connectivity index is 2.86. The molecule has 0 amide bonds. The Hall–Kier alpha value is -0.480. The first-order valence-electron chi connectivity index (χ1n) is 6.27. The van der Waals surface area contributed by atoms with Gasteiger partial charge in [-0.15, -0.1) is 11.8 Å². The van der Waals surface area contributed by atoms with Crippen molar-refractivity contribution in [2.24, 2.45) is 7.05 Å². The van der Waals surface area contributed by atoms with E-state index >= 15 is 0 Å². The SMILES string of the molecule is CCCNCc1c(C)nn(C)c1SC(C)(C)C. The van der Waals surface area contributed by atoms with Crippen molar-refractivity contribution in [1.82, 2.24) is 15.1 Å². The molecule has 1 heterocycles. The Kier molecular flexibility index (Phi) is 5.07. The summed E-state index contributed by atoms with van der Waals surface area (Å²) < 4.78 is 2.23. The molecule has 1 rings (SSSR count). The summed E-state index contributed by atoms with van der Waals surface area (Å²) in [5.74, 6) is 0. The maximum absolute atomic E-state index is 4.53. The Morgan fingerprint density at radius 3 is 2.53 bits per heavy atom. The highest BCUT2D eigenvalue weighted by atomic mass is 32.2. The molecule has 1 aromatic heterocycles. The fraction of sp³-hybridized carbons (Fsp3) is 0.769. The molecule has 0 saturated heterocycles. The molecule has 17 heavy (non-hydrogen) atoms. The first-order chi connectivity index (χ1) is 7.85. The number of thioether (sulfide) groups is 1. The molecule has 0 fully saturated rings. The van der Waals surface area contributed by atoms with E-state index in [0.29, 0.717) is 0 Å². The van der Waals surface area contributed by atoms with Gasteiger partial charge in [-0.2, -0.15) is 5.10 Å². The Bertz CT molecular complexity index is 363. The maximum atomic E-state index is 4.53. The summed E-state index contributed by atoms with van der Waals surface area (Å²) in [6.07, 6.45) is 1.17. The lowest BCUT2D eigenvalue weighted by Crippen LogP contribution is -2.16. The third kappa shape index (κ3) is 4.36. The molecule has 0 spiro atoms. The minimum Gasteiger partial charge on any atom is -0.313 e. The molecule has 0 unspecified atom stereocenters. The average Bonchev–Trinajstić information content (AvgIpc) is 2.42. The Labute approximate surface area is 109 Å². The number of nitrogens with one attached hydrogen (secondary N) is 1. The summed E-state index contributed by atoms with van der Waals surface area (Å²) in [6, 6.07) is 0. The van der Waals surface area contributed by atoms with E-state index in [1.807, 2.05) is 23.5 Å². The van der Waals surface area contributed by atoms with Gasteiger partial charge in [-0.1, -0.05) is 27.7 Å². The lowest BCUT2D eigenvalue weighted by atomic mass is 10.2. The second-order valence-electron chi connectivity index (χ2n) is 5.38. The topological polar surface area (TPSA) is 29.9 Å². The fourth-order valence-electron chi connectivity index (χ4n) is 1.69. The molecule has 1 aromatic rings. The average molecular weight is 255 g/mol. The van der Waals surface area contributed by atoms with Gasteiger partial charge in [0.15, 0.2) is 0 Å². The molecule has 0 aromatic carbocycles. The van der Waals surface area contributed by atoms with Crippen molar-refractivity contribution in [3.63, 3.8) is 0 Å². The molecule has 0 bridgehead atoms. The van der Waals surface area contributed by atoms with Crippen LogP contribution in [0.15, 0.2) is 5.03 Å². The van der Waals surface area contributed by atoms with Gasteiger partial charge in [-0.05, 0) is 19.9 Å². The summed E-state index contributed by atoms with van der Waals surface area (Å²) >= 11 is 1.89. The first-order valence-corrected chi connectivity index (χ1v) is 7.09. The van der Waals surface area contributed by atoms with Crippen LogP contribution in [-0.2, 0) is 13.6 Å². The standard InChI is InChI=1S/C13H25N3S/c1-7-8-14-9-11-10(2)15-16(6)12(11)17-13(3,4)5/h14H,7-9H2,1-6H3. The summed E-state index contributed by atoms with van der Waals surface area (Å²) in [5.41, 5.74) is 2.49. The van der Waals surface area contributed by atoms with E-state index in [1.165, 1.54) is 17.0 Å². The van der Waals surface area contributed by atoms with Crippen LogP contribution in [0.3, 0.4) is 0 Å². The van der Waals surface area contributed by atoms with Crippen LogP contribution in [0.25, 0.3) is 0 Å². The number of hydrogen-bond donors (Lipinski definition) is 1. The predicted molar refractivity (Wildman–Crippen MR) is 75.6 cm³/mol. The van der Waals surface area contributed by atoms with Gasteiger partial charge in [0.05, 0.1) is 10.7 Å². The monoisotopic (exact) mass is 255 g/mol.